The lowest BCUT2D eigenvalue weighted by atomic mass is 9.96. The van der Waals surface area contributed by atoms with Gasteiger partial charge >= 0.3 is 12.0 Å². The number of hydrogen-bond acceptors (Lipinski definition) is 3. The molecular formula is C21H31N3O4. The standard InChI is InChI=1S/C21H31N3O4/c25-18(24-19(20(26)27)16-10-4-1-5-11-16)14-8-3-9-15-22-21(28)23-17-12-6-2-7-13-17/h1,4-5,10-11,17,19H,2-3,6-9,12-15H2,(H,24,25)(H,26,27)(H2,22,23,28)/t19-/m1/s1. The van der Waals surface area contributed by atoms with Crippen LogP contribution in [-0.4, -0.2) is 35.6 Å². The Morgan fingerprint density at radius 1 is 1.00 bits per heavy atom. The van der Waals surface area contributed by atoms with Gasteiger partial charge in [0.2, 0.25) is 5.91 Å². The molecule has 154 valence electrons. The first-order chi connectivity index (χ1) is 13.6. The van der Waals surface area contributed by atoms with Crippen molar-refractivity contribution < 1.29 is 19.5 Å². The van der Waals surface area contributed by atoms with Crippen LogP contribution in [0.5, 0.6) is 0 Å². The molecule has 0 bridgehead atoms. The second kappa shape index (κ2) is 12.0. The lowest BCUT2D eigenvalue weighted by Gasteiger charge is -2.22. The van der Waals surface area contributed by atoms with Crippen molar-refractivity contribution in [1.29, 1.82) is 0 Å². The first kappa shape index (κ1) is 21.7. The van der Waals surface area contributed by atoms with Crippen molar-refractivity contribution in [3.8, 4) is 0 Å². The molecule has 1 fully saturated rings. The summed E-state index contributed by atoms with van der Waals surface area (Å²) in [6.07, 6.45) is 8.23. The number of nitrogens with one attached hydrogen (secondary N) is 3. The van der Waals surface area contributed by atoms with Crippen LogP contribution in [0.25, 0.3) is 0 Å². The van der Waals surface area contributed by atoms with E-state index in [0.29, 0.717) is 24.6 Å². The number of amides is 3. The van der Waals surface area contributed by atoms with Crippen molar-refractivity contribution in [3.05, 3.63) is 35.9 Å². The molecule has 7 nitrogen and oxygen atoms in total. The number of rotatable bonds is 10. The summed E-state index contributed by atoms with van der Waals surface area (Å²) < 4.78 is 0. The van der Waals surface area contributed by atoms with Crippen LogP contribution >= 0.6 is 0 Å². The van der Waals surface area contributed by atoms with Crippen LogP contribution in [0.15, 0.2) is 30.3 Å². The zero-order valence-corrected chi connectivity index (χ0v) is 16.3. The quantitative estimate of drug-likeness (QED) is 0.461. The zero-order valence-electron chi connectivity index (χ0n) is 16.3. The number of carboxylic acids is 1. The van der Waals surface area contributed by atoms with Gasteiger partial charge in [-0.15, -0.1) is 0 Å². The molecule has 0 unspecified atom stereocenters. The third kappa shape index (κ3) is 7.98. The van der Waals surface area contributed by atoms with E-state index in [1.807, 2.05) is 0 Å². The minimum absolute atomic E-state index is 0.114. The van der Waals surface area contributed by atoms with E-state index in [1.54, 1.807) is 30.3 Å². The monoisotopic (exact) mass is 389 g/mol. The van der Waals surface area contributed by atoms with Gasteiger partial charge in [0, 0.05) is 19.0 Å². The minimum atomic E-state index is -1.08. The van der Waals surface area contributed by atoms with E-state index in [1.165, 1.54) is 19.3 Å². The van der Waals surface area contributed by atoms with Gasteiger partial charge in [0.05, 0.1) is 0 Å². The highest BCUT2D eigenvalue weighted by Gasteiger charge is 2.21. The molecule has 1 aromatic carbocycles. The lowest BCUT2D eigenvalue weighted by molar-refractivity contribution is -0.142. The Hall–Kier alpha value is -2.57. The van der Waals surface area contributed by atoms with Crippen LogP contribution in [0.3, 0.4) is 0 Å². The molecule has 2 rings (SSSR count). The maximum atomic E-state index is 12.0. The van der Waals surface area contributed by atoms with E-state index in [9.17, 15) is 19.5 Å². The molecule has 0 aromatic heterocycles. The fourth-order valence-corrected chi connectivity index (χ4v) is 3.44. The van der Waals surface area contributed by atoms with Gasteiger partial charge in [-0.3, -0.25) is 4.79 Å². The van der Waals surface area contributed by atoms with Crippen molar-refractivity contribution in [1.82, 2.24) is 16.0 Å². The molecule has 1 aromatic rings. The first-order valence-corrected chi connectivity index (χ1v) is 10.2. The third-order valence-electron chi connectivity index (χ3n) is 4.99. The molecule has 1 saturated carbocycles. The molecule has 0 aliphatic heterocycles. The Labute approximate surface area is 166 Å². The van der Waals surface area contributed by atoms with Gasteiger partial charge in [-0.2, -0.15) is 0 Å². The van der Waals surface area contributed by atoms with E-state index in [4.69, 9.17) is 0 Å². The zero-order chi connectivity index (χ0) is 20.2. The lowest BCUT2D eigenvalue weighted by Crippen LogP contribution is -2.43. The van der Waals surface area contributed by atoms with Gasteiger partial charge in [0.1, 0.15) is 0 Å². The van der Waals surface area contributed by atoms with E-state index in [0.717, 1.165) is 25.7 Å². The second-order valence-corrected chi connectivity index (χ2v) is 7.30. The Bertz CT molecular complexity index is 630. The molecule has 0 radical (unpaired) electrons. The topological polar surface area (TPSA) is 108 Å². The Morgan fingerprint density at radius 2 is 1.71 bits per heavy atom. The molecule has 3 amide bonds. The van der Waals surface area contributed by atoms with Crippen molar-refractivity contribution >= 4 is 17.9 Å². The molecule has 0 spiro atoms. The van der Waals surface area contributed by atoms with Crippen LogP contribution < -0.4 is 16.0 Å². The molecule has 1 atom stereocenters. The number of carbonyl (C=O) groups is 3. The number of carbonyl (C=O) groups excluding carboxylic acids is 2. The van der Waals surface area contributed by atoms with Crippen molar-refractivity contribution in [3.63, 3.8) is 0 Å². The number of unbranched alkanes of at least 4 members (excludes halogenated alkanes) is 2. The number of hydrogen-bond donors (Lipinski definition) is 4. The van der Waals surface area contributed by atoms with Gasteiger partial charge in [-0.25, -0.2) is 9.59 Å². The largest absolute Gasteiger partial charge is 0.479 e. The molecular weight excluding hydrogens is 358 g/mol. The number of urea groups is 1. The summed E-state index contributed by atoms with van der Waals surface area (Å²) in [5.41, 5.74) is 0.552. The van der Waals surface area contributed by atoms with Crippen LogP contribution in [0.2, 0.25) is 0 Å². The number of benzene rings is 1. The van der Waals surface area contributed by atoms with Gasteiger partial charge in [-0.05, 0) is 31.2 Å². The highest BCUT2D eigenvalue weighted by atomic mass is 16.4. The predicted molar refractivity (Wildman–Crippen MR) is 107 cm³/mol. The van der Waals surface area contributed by atoms with Crippen LogP contribution in [-0.2, 0) is 9.59 Å². The number of aliphatic carboxylic acids is 1. The summed E-state index contributed by atoms with van der Waals surface area (Å²) in [6.45, 7) is 0.571. The molecule has 0 heterocycles. The highest BCUT2D eigenvalue weighted by Crippen LogP contribution is 2.17. The molecule has 4 N–H and O–H groups in total. The fourth-order valence-electron chi connectivity index (χ4n) is 3.44. The van der Waals surface area contributed by atoms with E-state index < -0.39 is 12.0 Å². The van der Waals surface area contributed by atoms with E-state index in [2.05, 4.69) is 16.0 Å². The minimum Gasteiger partial charge on any atom is -0.479 e. The Kier molecular flexibility index (Phi) is 9.31. The summed E-state index contributed by atoms with van der Waals surface area (Å²) in [6, 6.07) is 7.81. The van der Waals surface area contributed by atoms with Crippen molar-refractivity contribution in [2.24, 2.45) is 0 Å². The van der Waals surface area contributed by atoms with Crippen molar-refractivity contribution in [2.45, 2.75) is 69.9 Å². The normalized spacial score (nSPS) is 15.4. The third-order valence-corrected chi connectivity index (χ3v) is 4.99. The van der Waals surface area contributed by atoms with Gasteiger partial charge in [0.25, 0.3) is 0 Å². The Balaban J connectivity index is 1.56. The summed E-state index contributed by atoms with van der Waals surface area (Å²) in [4.78, 5) is 35.3. The van der Waals surface area contributed by atoms with Crippen LogP contribution in [0, 0.1) is 0 Å². The summed E-state index contributed by atoms with van der Waals surface area (Å²) >= 11 is 0. The Morgan fingerprint density at radius 3 is 2.39 bits per heavy atom. The smallest absolute Gasteiger partial charge is 0.330 e. The second-order valence-electron chi connectivity index (χ2n) is 7.30. The SMILES string of the molecule is O=C(CCCCCNC(=O)NC1CCCCC1)N[C@@H](C(=O)O)c1ccccc1. The van der Waals surface area contributed by atoms with Crippen LogP contribution in [0.4, 0.5) is 4.79 Å². The van der Waals surface area contributed by atoms with Crippen LogP contribution in [0.1, 0.15) is 69.4 Å². The summed E-state index contributed by atoms with van der Waals surface area (Å²) in [7, 11) is 0. The van der Waals surface area contributed by atoms with Gasteiger partial charge in [-0.1, -0.05) is 56.0 Å². The number of carboxylic acid groups (broad SMARTS) is 1. The van der Waals surface area contributed by atoms with Gasteiger partial charge in [0.15, 0.2) is 6.04 Å². The van der Waals surface area contributed by atoms with Crippen molar-refractivity contribution in [2.75, 3.05) is 6.54 Å². The van der Waals surface area contributed by atoms with E-state index in [-0.39, 0.29) is 18.4 Å². The van der Waals surface area contributed by atoms with Gasteiger partial charge < -0.3 is 21.1 Å². The maximum Gasteiger partial charge on any atom is 0.330 e. The molecule has 1 aliphatic rings. The summed E-state index contributed by atoms with van der Waals surface area (Å²) in [5, 5.41) is 17.8. The average Bonchev–Trinajstić information content (AvgIpc) is 2.70. The molecule has 0 saturated heterocycles. The fraction of sp³-hybridized carbons (Fsp3) is 0.571. The predicted octanol–water partition coefficient (Wildman–Crippen LogP) is 3.12. The first-order valence-electron chi connectivity index (χ1n) is 10.2. The maximum absolute atomic E-state index is 12.0. The molecule has 7 heteroatoms. The highest BCUT2D eigenvalue weighted by molar-refractivity contribution is 5.84. The summed E-state index contributed by atoms with van der Waals surface area (Å²) in [5.74, 6) is -1.35. The molecule has 1 aliphatic carbocycles. The molecule has 28 heavy (non-hydrogen) atoms. The average molecular weight is 389 g/mol. The van der Waals surface area contributed by atoms with E-state index >= 15 is 0 Å².